The SMILES string of the molecule is O=C(Nc1ccc(-c2ccc3ncc(N4CCN(Cc5cccnc5)CC4)nc3c2)cc1)c1ccccn1. The van der Waals surface area contributed by atoms with E-state index in [1.54, 1.807) is 24.4 Å². The lowest BCUT2D eigenvalue weighted by Gasteiger charge is -2.35. The molecule has 5 aromatic rings. The molecule has 0 bridgehead atoms. The average Bonchev–Trinajstić information content (AvgIpc) is 2.98. The van der Waals surface area contributed by atoms with Gasteiger partial charge in [0.25, 0.3) is 5.91 Å². The van der Waals surface area contributed by atoms with Gasteiger partial charge < -0.3 is 10.2 Å². The number of piperazine rings is 1. The maximum absolute atomic E-state index is 12.4. The number of carbonyl (C=O) groups excluding carboxylic acids is 1. The van der Waals surface area contributed by atoms with E-state index in [1.807, 2.05) is 55.0 Å². The van der Waals surface area contributed by atoms with Gasteiger partial charge in [-0.05, 0) is 59.2 Å². The van der Waals surface area contributed by atoms with Gasteiger partial charge >= 0.3 is 0 Å². The maximum Gasteiger partial charge on any atom is 0.274 e. The molecule has 4 heterocycles. The van der Waals surface area contributed by atoms with Crippen LogP contribution in [0.15, 0.2) is 97.6 Å². The van der Waals surface area contributed by atoms with Crippen LogP contribution >= 0.6 is 0 Å². The predicted octanol–water partition coefficient (Wildman–Crippen LogP) is 4.66. The van der Waals surface area contributed by atoms with Crippen LogP contribution in [-0.2, 0) is 6.54 Å². The third-order valence-electron chi connectivity index (χ3n) is 6.73. The second-order valence-corrected chi connectivity index (χ2v) is 9.30. The van der Waals surface area contributed by atoms with Crippen LogP contribution in [0.1, 0.15) is 16.1 Å². The zero-order valence-electron chi connectivity index (χ0n) is 20.9. The van der Waals surface area contributed by atoms with E-state index in [-0.39, 0.29) is 5.91 Å². The number of fused-ring (bicyclic) bond motifs is 1. The van der Waals surface area contributed by atoms with Crippen LogP contribution in [0, 0.1) is 0 Å². The smallest absolute Gasteiger partial charge is 0.274 e. The summed E-state index contributed by atoms with van der Waals surface area (Å²) in [6.45, 7) is 4.67. The number of hydrogen-bond acceptors (Lipinski definition) is 7. The average molecular weight is 502 g/mol. The second-order valence-electron chi connectivity index (χ2n) is 9.30. The lowest BCUT2D eigenvalue weighted by atomic mass is 10.0. The van der Waals surface area contributed by atoms with E-state index in [4.69, 9.17) is 4.98 Å². The van der Waals surface area contributed by atoms with Crippen LogP contribution in [0.5, 0.6) is 0 Å². The molecule has 1 amide bonds. The molecule has 1 saturated heterocycles. The van der Waals surface area contributed by atoms with E-state index in [1.165, 1.54) is 5.56 Å². The van der Waals surface area contributed by atoms with Crippen molar-refractivity contribution in [2.24, 2.45) is 0 Å². The zero-order valence-corrected chi connectivity index (χ0v) is 20.9. The highest BCUT2D eigenvalue weighted by Gasteiger charge is 2.19. The number of nitrogens with one attached hydrogen (secondary N) is 1. The van der Waals surface area contributed by atoms with Gasteiger partial charge in [0.05, 0.1) is 17.2 Å². The molecule has 2 aromatic carbocycles. The third-order valence-corrected chi connectivity index (χ3v) is 6.73. The first-order valence-electron chi connectivity index (χ1n) is 12.7. The number of amides is 1. The first-order chi connectivity index (χ1) is 18.7. The molecular formula is C30H27N7O. The predicted molar refractivity (Wildman–Crippen MR) is 149 cm³/mol. The third kappa shape index (κ3) is 5.35. The minimum Gasteiger partial charge on any atom is -0.353 e. The molecule has 0 saturated carbocycles. The summed E-state index contributed by atoms with van der Waals surface area (Å²) in [5, 5.41) is 2.89. The Labute approximate surface area is 221 Å². The van der Waals surface area contributed by atoms with Gasteiger partial charge in [-0.2, -0.15) is 0 Å². The van der Waals surface area contributed by atoms with Crippen LogP contribution in [-0.4, -0.2) is 56.9 Å². The van der Waals surface area contributed by atoms with Crippen LogP contribution in [0.2, 0.25) is 0 Å². The molecule has 0 atom stereocenters. The van der Waals surface area contributed by atoms with Crippen molar-refractivity contribution in [1.82, 2.24) is 24.8 Å². The minimum atomic E-state index is -0.232. The summed E-state index contributed by atoms with van der Waals surface area (Å²) in [4.78, 5) is 35.1. The van der Waals surface area contributed by atoms with Crippen molar-refractivity contribution in [2.75, 3.05) is 36.4 Å². The van der Waals surface area contributed by atoms with Crippen LogP contribution in [0.3, 0.4) is 0 Å². The van der Waals surface area contributed by atoms with Crippen molar-refractivity contribution in [1.29, 1.82) is 0 Å². The lowest BCUT2D eigenvalue weighted by molar-refractivity contribution is 0.102. The van der Waals surface area contributed by atoms with Crippen molar-refractivity contribution >= 4 is 28.4 Å². The Kier molecular flexibility index (Phi) is 6.70. The lowest BCUT2D eigenvalue weighted by Crippen LogP contribution is -2.46. The van der Waals surface area contributed by atoms with Gasteiger partial charge in [0.1, 0.15) is 11.5 Å². The van der Waals surface area contributed by atoms with E-state index >= 15 is 0 Å². The summed E-state index contributed by atoms with van der Waals surface area (Å²) in [7, 11) is 0. The zero-order chi connectivity index (χ0) is 25.7. The van der Waals surface area contributed by atoms with Gasteiger partial charge in [-0.1, -0.05) is 30.3 Å². The highest BCUT2D eigenvalue weighted by Crippen LogP contribution is 2.26. The summed E-state index contributed by atoms with van der Waals surface area (Å²) >= 11 is 0. The monoisotopic (exact) mass is 501 g/mol. The molecule has 0 spiro atoms. The van der Waals surface area contributed by atoms with E-state index in [0.717, 1.165) is 66.4 Å². The Bertz CT molecular complexity index is 1530. The summed E-state index contributed by atoms with van der Waals surface area (Å²) in [6, 6.07) is 23.3. The largest absolute Gasteiger partial charge is 0.353 e. The molecule has 188 valence electrons. The first kappa shape index (κ1) is 23.7. The van der Waals surface area contributed by atoms with Gasteiger partial charge in [0, 0.05) is 57.0 Å². The van der Waals surface area contributed by atoms with Gasteiger partial charge in [0.15, 0.2) is 0 Å². The van der Waals surface area contributed by atoms with Crippen molar-refractivity contribution in [3.8, 4) is 11.1 Å². The summed E-state index contributed by atoms with van der Waals surface area (Å²) in [5.41, 5.74) is 6.16. The number of nitrogens with zero attached hydrogens (tertiary/aromatic N) is 6. The number of anilines is 2. The Hall–Kier alpha value is -4.69. The van der Waals surface area contributed by atoms with Crippen molar-refractivity contribution < 1.29 is 4.79 Å². The topological polar surface area (TPSA) is 87.1 Å². The fourth-order valence-electron chi connectivity index (χ4n) is 4.66. The molecule has 1 aliphatic rings. The van der Waals surface area contributed by atoms with Crippen LogP contribution in [0.25, 0.3) is 22.2 Å². The molecule has 1 N–H and O–H groups in total. The number of aromatic nitrogens is 4. The Morgan fingerprint density at radius 2 is 1.63 bits per heavy atom. The fourth-order valence-corrected chi connectivity index (χ4v) is 4.66. The normalized spacial score (nSPS) is 13.9. The van der Waals surface area contributed by atoms with Gasteiger partial charge in [-0.3, -0.25) is 24.6 Å². The van der Waals surface area contributed by atoms with Crippen LogP contribution < -0.4 is 10.2 Å². The minimum absolute atomic E-state index is 0.232. The highest BCUT2D eigenvalue weighted by molar-refractivity contribution is 6.02. The summed E-state index contributed by atoms with van der Waals surface area (Å²) < 4.78 is 0. The van der Waals surface area contributed by atoms with Crippen molar-refractivity contribution in [3.05, 3.63) is 109 Å². The second kappa shape index (κ2) is 10.7. The number of rotatable bonds is 6. The van der Waals surface area contributed by atoms with E-state index in [9.17, 15) is 4.79 Å². The Morgan fingerprint density at radius 3 is 2.39 bits per heavy atom. The fraction of sp³-hybridized carbons (Fsp3) is 0.167. The molecule has 8 nitrogen and oxygen atoms in total. The molecule has 3 aromatic heterocycles. The number of pyridine rings is 2. The Balaban J connectivity index is 1.13. The molecule has 1 aliphatic heterocycles. The Morgan fingerprint density at radius 1 is 0.789 bits per heavy atom. The summed E-state index contributed by atoms with van der Waals surface area (Å²) in [6.07, 6.45) is 7.23. The molecule has 0 radical (unpaired) electrons. The van der Waals surface area contributed by atoms with Crippen molar-refractivity contribution in [3.63, 3.8) is 0 Å². The molecule has 0 aliphatic carbocycles. The number of benzene rings is 2. The van der Waals surface area contributed by atoms with Gasteiger partial charge in [0.2, 0.25) is 0 Å². The van der Waals surface area contributed by atoms with Gasteiger partial charge in [-0.25, -0.2) is 4.98 Å². The van der Waals surface area contributed by atoms with E-state index in [2.05, 4.69) is 48.3 Å². The quantitative estimate of drug-likeness (QED) is 0.362. The van der Waals surface area contributed by atoms with Gasteiger partial charge in [-0.15, -0.1) is 0 Å². The first-order valence-corrected chi connectivity index (χ1v) is 12.7. The molecule has 8 heteroatoms. The molecule has 0 unspecified atom stereocenters. The number of hydrogen-bond donors (Lipinski definition) is 1. The molecule has 38 heavy (non-hydrogen) atoms. The molecule has 6 rings (SSSR count). The van der Waals surface area contributed by atoms with E-state index in [0.29, 0.717) is 5.69 Å². The van der Waals surface area contributed by atoms with Crippen LogP contribution in [0.4, 0.5) is 11.5 Å². The maximum atomic E-state index is 12.4. The number of carbonyl (C=O) groups is 1. The van der Waals surface area contributed by atoms with E-state index < -0.39 is 0 Å². The van der Waals surface area contributed by atoms with Crippen molar-refractivity contribution in [2.45, 2.75) is 6.54 Å². The highest BCUT2D eigenvalue weighted by atomic mass is 16.1. The molecule has 1 fully saturated rings. The molecular weight excluding hydrogens is 474 g/mol. The standard InChI is InChI=1S/C30H27N7O/c38-30(27-5-1-2-13-32-27)34-25-9-6-23(7-10-25)24-8-11-26-28(18-24)35-29(20-33-26)37-16-14-36(15-17-37)21-22-4-3-12-31-19-22/h1-13,18-20H,14-17,21H2,(H,34,38). The summed E-state index contributed by atoms with van der Waals surface area (Å²) in [5.74, 6) is 0.674.